The van der Waals surface area contributed by atoms with E-state index in [9.17, 15) is 9.79 Å². The van der Waals surface area contributed by atoms with Crippen LogP contribution < -0.4 is 0 Å². The van der Waals surface area contributed by atoms with E-state index in [1.54, 1.807) is 0 Å². The van der Waals surface area contributed by atoms with Crippen LogP contribution in [0.25, 0.3) is 0 Å². The van der Waals surface area contributed by atoms with Crippen molar-refractivity contribution in [2.45, 2.75) is 31.8 Å². The summed E-state index contributed by atoms with van der Waals surface area (Å²) < 4.78 is 5.69. The van der Waals surface area contributed by atoms with Gasteiger partial charge in [0.2, 0.25) is 0 Å². The quantitative estimate of drug-likeness (QED) is 0.748. The van der Waals surface area contributed by atoms with Crippen molar-refractivity contribution < 1.29 is 14.3 Å². The minimum atomic E-state index is -2.45. The number of unbranched alkanes of at least 4 members (excludes halogenated alkanes) is 1. The molecule has 0 heterocycles. The summed E-state index contributed by atoms with van der Waals surface area (Å²) in [5.41, 5.74) is 1.08. The van der Waals surface area contributed by atoms with Crippen molar-refractivity contribution in [3.8, 4) is 0 Å². The molecule has 3 nitrogen and oxygen atoms in total. The maximum atomic E-state index is 9.51. The first-order valence-electron chi connectivity index (χ1n) is 7.17. The Balaban J connectivity index is 2.53. The predicted octanol–water partition coefficient (Wildman–Crippen LogP) is 4.35. The summed E-state index contributed by atoms with van der Waals surface area (Å²) in [6, 6.07) is 19.6. The lowest BCUT2D eigenvalue weighted by atomic mass is 9.82. The van der Waals surface area contributed by atoms with Gasteiger partial charge in [0, 0.05) is 0 Å². The minimum Gasteiger partial charge on any atom is -0.328 e. The van der Waals surface area contributed by atoms with Crippen LogP contribution in [0.5, 0.6) is 0 Å². The molecule has 0 aliphatic rings. The first-order valence-corrected chi connectivity index (χ1v) is 8.33. The molecule has 0 unspecified atom stereocenters. The number of hydrogen-bond donors (Lipinski definition) is 2. The summed E-state index contributed by atoms with van der Waals surface area (Å²) in [5, 5.41) is 0. The fourth-order valence-corrected chi connectivity index (χ4v) is 3.17. The van der Waals surface area contributed by atoms with Gasteiger partial charge in [0.1, 0.15) is 5.60 Å². The number of rotatable bonds is 7. The molecule has 0 aliphatic carbocycles. The average molecular weight is 304 g/mol. The topological polar surface area (TPSA) is 49.7 Å². The second-order valence-electron chi connectivity index (χ2n) is 5.01. The molecule has 112 valence electrons. The molecule has 0 saturated heterocycles. The molecule has 0 fully saturated rings. The van der Waals surface area contributed by atoms with Crippen LogP contribution in [-0.2, 0) is 10.1 Å². The van der Waals surface area contributed by atoms with Gasteiger partial charge in [-0.1, -0.05) is 80.4 Å². The Kier molecular flexibility index (Phi) is 5.89. The van der Waals surface area contributed by atoms with E-state index in [1.165, 1.54) is 0 Å². The first kappa shape index (κ1) is 16.1. The van der Waals surface area contributed by atoms with Crippen LogP contribution in [0.3, 0.4) is 0 Å². The molecule has 2 N–H and O–H groups in total. The Hall–Kier alpha value is -1.25. The van der Waals surface area contributed by atoms with Crippen molar-refractivity contribution in [2.24, 2.45) is 0 Å². The van der Waals surface area contributed by atoms with E-state index in [0.29, 0.717) is 6.42 Å². The average Bonchev–Trinajstić information content (AvgIpc) is 2.53. The number of hydrogen-bond acceptors (Lipinski definition) is 3. The maximum Gasteiger partial charge on any atom is 0.328 e. The molecular weight excluding hydrogens is 283 g/mol. The van der Waals surface area contributed by atoms with Crippen molar-refractivity contribution in [1.29, 1.82) is 0 Å². The summed E-state index contributed by atoms with van der Waals surface area (Å²) in [6.45, 7) is 2.11. The number of benzene rings is 2. The van der Waals surface area contributed by atoms with Gasteiger partial charge in [0.25, 0.3) is 0 Å². The molecule has 21 heavy (non-hydrogen) atoms. The van der Waals surface area contributed by atoms with Gasteiger partial charge in [-0.15, -0.1) is 0 Å². The molecule has 2 rings (SSSR count). The second-order valence-corrected chi connectivity index (χ2v) is 5.69. The van der Waals surface area contributed by atoms with Crippen molar-refractivity contribution in [3.05, 3.63) is 71.8 Å². The Morgan fingerprint density at radius 1 is 0.905 bits per heavy atom. The third kappa shape index (κ3) is 3.90. The van der Waals surface area contributed by atoms with E-state index in [2.05, 4.69) is 6.92 Å². The van der Waals surface area contributed by atoms with Crippen LogP contribution in [0, 0.1) is 0 Å². The summed E-state index contributed by atoms with van der Waals surface area (Å²) in [4.78, 5) is 19.0. The van der Waals surface area contributed by atoms with Crippen LogP contribution >= 0.6 is 8.60 Å². The van der Waals surface area contributed by atoms with Gasteiger partial charge in [0.05, 0.1) is 0 Å². The van der Waals surface area contributed by atoms with Gasteiger partial charge in [-0.3, -0.25) is 4.52 Å². The monoisotopic (exact) mass is 304 g/mol. The van der Waals surface area contributed by atoms with Gasteiger partial charge in [-0.05, 0) is 17.5 Å². The van der Waals surface area contributed by atoms with Crippen LogP contribution in [0.1, 0.15) is 37.3 Å². The molecule has 4 heteroatoms. The Labute approximate surface area is 127 Å². The van der Waals surface area contributed by atoms with E-state index in [-0.39, 0.29) is 0 Å². The normalized spacial score (nSPS) is 11.8. The van der Waals surface area contributed by atoms with E-state index >= 15 is 0 Å². The van der Waals surface area contributed by atoms with Crippen LogP contribution in [0.2, 0.25) is 0 Å². The van der Waals surface area contributed by atoms with Gasteiger partial charge in [0.15, 0.2) is 0 Å². The highest BCUT2D eigenvalue weighted by atomic mass is 31.2. The standard InChI is InChI=1S/C17H21O3P/c1-2-3-14-17(20-21(18)19,15-10-6-4-7-11-15)16-12-8-5-9-13-16/h4-13,18-19H,2-3,14H2,1H3. The zero-order valence-electron chi connectivity index (χ0n) is 12.1. The molecule has 0 aliphatic heterocycles. The fraction of sp³-hybridized carbons (Fsp3) is 0.294. The summed E-state index contributed by atoms with van der Waals surface area (Å²) >= 11 is 0. The molecule has 0 saturated carbocycles. The van der Waals surface area contributed by atoms with Gasteiger partial charge in [-0.2, -0.15) is 0 Å². The Bertz CT molecular complexity index is 489. The molecule has 2 aromatic rings. The zero-order valence-corrected chi connectivity index (χ0v) is 13.0. The van der Waals surface area contributed by atoms with Gasteiger partial charge < -0.3 is 9.79 Å². The predicted molar refractivity (Wildman–Crippen MR) is 85.6 cm³/mol. The highest BCUT2D eigenvalue weighted by molar-refractivity contribution is 7.39. The lowest BCUT2D eigenvalue weighted by molar-refractivity contribution is 0.0796. The molecule has 0 spiro atoms. The van der Waals surface area contributed by atoms with Crippen molar-refractivity contribution in [1.82, 2.24) is 0 Å². The van der Waals surface area contributed by atoms with E-state index in [1.807, 2.05) is 60.7 Å². The van der Waals surface area contributed by atoms with Crippen molar-refractivity contribution in [3.63, 3.8) is 0 Å². The second kappa shape index (κ2) is 7.67. The lowest BCUT2D eigenvalue weighted by Gasteiger charge is -2.35. The molecule has 2 aromatic carbocycles. The molecule has 0 bridgehead atoms. The minimum absolute atomic E-state index is 0.706. The fourth-order valence-electron chi connectivity index (χ4n) is 2.59. The van der Waals surface area contributed by atoms with Gasteiger partial charge in [-0.25, -0.2) is 0 Å². The summed E-state index contributed by atoms with van der Waals surface area (Å²) in [5.74, 6) is 0. The third-order valence-electron chi connectivity index (χ3n) is 3.60. The van der Waals surface area contributed by atoms with Crippen LogP contribution in [-0.4, -0.2) is 9.79 Å². The van der Waals surface area contributed by atoms with Crippen molar-refractivity contribution in [2.75, 3.05) is 0 Å². The molecule has 0 atom stereocenters. The first-order chi connectivity index (χ1) is 10.2. The largest absolute Gasteiger partial charge is 0.328 e. The lowest BCUT2D eigenvalue weighted by Crippen LogP contribution is -2.29. The van der Waals surface area contributed by atoms with E-state index < -0.39 is 14.2 Å². The zero-order chi connectivity index (χ0) is 15.1. The highest BCUT2D eigenvalue weighted by Gasteiger charge is 2.37. The van der Waals surface area contributed by atoms with Crippen LogP contribution in [0.15, 0.2) is 60.7 Å². The highest BCUT2D eigenvalue weighted by Crippen LogP contribution is 2.46. The summed E-state index contributed by atoms with van der Waals surface area (Å²) in [7, 11) is -2.45. The smallest absolute Gasteiger partial charge is 0.328 e. The molecule has 0 aromatic heterocycles. The SMILES string of the molecule is CCCCC(OP(O)O)(c1ccccc1)c1ccccc1. The Morgan fingerprint density at radius 2 is 1.38 bits per heavy atom. The van der Waals surface area contributed by atoms with Crippen LogP contribution in [0.4, 0.5) is 0 Å². The molecule has 0 amide bonds. The summed E-state index contributed by atoms with van der Waals surface area (Å²) in [6.07, 6.45) is 2.66. The van der Waals surface area contributed by atoms with E-state index in [4.69, 9.17) is 4.52 Å². The van der Waals surface area contributed by atoms with E-state index in [0.717, 1.165) is 24.0 Å². The third-order valence-corrected chi connectivity index (χ3v) is 4.08. The van der Waals surface area contributed by atoms with Crippen molar-refractivity contribution >= 4 is 8.60 Å². The van der Waals surface area contributed by atoms with Gasteiger partial charge >= 0.3 is 8.60 Å². The maximum absolute atomic E-state index is 9.51. The molecular formula is C17H21O3P. The molecule has 0 radical (unpaired) electrons. The Morgan fingerprint density at radius 3 is 1.76 bits per heavy atom.